The number of oxime groups is 1. The predicted octanol–water partition coefficient (Wildman–Crippen LogP) is 2.29. The molecule has 2 aromatic carbocycles. The van der Waals surface area contributed by atoms with Gasteiger partial charge in [-0.1, -0.05) is 23.4 Å². The van der Waals surface area contributed by atoms with Crippen molar-refractivity contribution in [3.05, 3.63) is 69.6 Å². The van der Waals surface area contributed by atoms with Crippen molar-refractivity contribution in [3.63, 3.8) is 0 Å². The molecule has 0 atom stereocenters. The molecule has 112 valence electrons. The van der Waals surface area contributed by atoms with E-state index in [2.05, 4.69) is 15.1 Å². The van der Waals surface area contributed by atoms with Crippen LogP contribution in [0, 0.1) is 12.7 Å². The second-order valence-electron chi connectivity index (χ2n) is 5.19. The van der Waals surface area contributed by atoms with Gasteiger partial charge in [-0.15, -0.1) is 0 Å². The quantitative estimate of drug-likeness (QED) is 0.631. The van der Waals surface area contributed by atoms with Gasteiger partial charge in [-0.3, -0.25) is 9.98 Å². The maximum Gasteiger partial charge on any atom is 0.142 e. The zero-order chi connectivity index (χ0) is 15.5. The molecule has 5 heteroatoms. The van der Waals surface area contributed by atoms with Gasteiger partial charge in [-0.25, -0.2) is 4.39 Å². The van der Waals surface area contributed by atoms with Crippen LogP contribution in [-0.4, -0.2) is 12.4 Å². The summed E-state index contributed by atoms with van der Waals surface area (Å²) in [6, 6.07) is 10.8. The van der Waals surface area contributed by atoms with E-state index in [1.54, 1.807) is 19.9 Å². The molecule has 0 saturated heterocycles. The maximum atomic E-state index is 13.5. The van der Waals surface area contributed by atoms with Crippen molar-refractivity contribution in [2.45, 2.75) is 20.5 Å². The van der Waals surface area contributed by atoms with E-state index in [0.29, 0.717) is 30.1 Å². The summed E-state index contributed by atoms with van der Waals surface area (Å²) >= 11 is 0. The second-order valence-corrected chi connectivity index (χ2v) is 5.19. The largest absolute Gasteiger partial charge is 0.391 e. The van der Waals surface area contributed by atoms with Crippen LogP contribution in [0.3, 0.4) is 0 Å². The van der Waals surface area contributed by atoms with Crippen molar-refractivity contribution in [1.29, 1.82) is 0 Å². The molecule has 0 N–H and O–H groups in total. The average molecular weight is 297 g/mol. The molecule has 1 aliphatic rings. The van der Waals surface area contributed by atoms with E-state index in [0.717, 1.165) is 16.3 Å². The summed E-state index contributed by atoms with van der Waals surface area (Å²) in [4.78, 5) is 13.9. The highest BCUT2D eigenvalue weighted by Gasteiger charge is 2.03. The minimum absolute atomic E-state index is 0.240. The Bertz CT molecular complexity index is 859. The number of rotatable bonds is 4. The highest BCUT2D eigenvalue weighted by atomic mass is 19.1. The third-order valence-corrected chi connectivity index (χ3v) is 3.54. The molecule has 3 rings (SSSR count). The van der Waals surface area contributed by atoms with Gasteiger partial charge in [0.05, 0.1) is 16.4 Å². The monoisotopic (exact) mass is 297 g/mol. The number of benzene rings is 2. The molecule has 0 amide bonds. The van der Waals surface area contributed by atoms with Crippen LogP contribution < -0.4 is 10.7 Å². The van der Waals surface area contributed by atoms with Gasteiger partial charge in [-0.2, -0.15) is 0 Å². The highest BCUT2D eigenvalue weighted by Crippen LogP contribution is 2.10. The summed E-state index contributed by atoms with van der Waals surface area (Å²) in [7, 11) is 0. The summed E-state index contributed by atoms with van der Waals surface area (Å²) in [6.45, 7) is 4.36. The molecule has 0 aromatic heterocycles. The highest BCUT2D eigenvalue weighted by molar-refractivity contribution is 5.98. The molecule has 2 aromatic rings. The molecule has 0 bridgehead atoms. The Balaban J connectivity index is 1.69. The van der Waals surface area contributed by atoms with Crippen molar-refractivity contribution in [2.75, 3.05) is 6.67 Å². The van der Waals surface area contributed by atoms with Gasteiger partial charge in [0.25, 0.3) is 0 Å². The van der Waals surface area contributed by atoms with Crippen molar-refractivity contribution < 1.29 is 9.23 Å². The standard InChI is InChI=1S/C17H16FN3O/c1-11-3-5-14(8-15(11)18)12(2)21-22-9-13-4-6-16-17(7-13)20-10-19-16/h3-8H,9-10H2,1-2H3/b21-12+. The maximum absolute atomic E-state index is 13.5. The molecular weight excluding hydrogens is 281 g/mol. The van der Waals surface area contributed by atoms with Gasteiger partial charge in [0, 0.05) is 5.56 Å². The van der Waals surface area contributed by atoms with Crippen LogP contribution in [0.4, 0.5) is 4.39 Å². The topological polar surface area (TPSA) is 46.3 Å². The summed E-state index contributed by atoms with van der Waals surface area (Å²) in [5.41, 5.74) is 2.95. The van der Waals surface area contributed by atoms with Gasteiger partial charge in [0.15, 0.2) is 0 Å². The fourth-order valence-corrected chi connectivity index (χ4v) is 2.18. The normalized spacial score (nSPS) is 13.3. The van der Waals surface area contributed by atoms with E-state index in [9.17, 15) is 4.39 Å². The molecule has 1 aliphatic heterocycles. The number of halogens is 1. The lowest BCUT2D eigenvalue weighted by molar-refractivity contribution is 0.130. The Hall–Kier alpha value is -2.56. The van der Waals surface area contributed by atoms with Gasteiger partial charge < -0.3 is 4.84 Å². The number of fused-ring (bicyclic) bond motifs is 1. The average Bonchev–Trinajstić information content (AvgIpc) is 2.97. The van der Waals surface area contributed by atoms with Crippen LogP contribution >= 0.6 is 0 Å². The molecule has 0 aliphatic carbocycles. The van der Waals surface area contributed by atoms with Crippen molar-refractivity contribution in [2.24, 2.45) is 15.1 Å². The van der Waals surface area contributed by atoms with Crippen LogP contribution in [0.15, 0.2) is 51.5 Å². The minimum Gasteiger partial charge on any atom is -0.391 e. The Kier molecular flexibility index (Phi) is 3.96. The third kappa shape index (κ3) is 3.03. The van der Waals surface area contributed by atoms with Gasteiger partial charge >= 0.3 is 0 Å². The molecule has 1 heterocycles. The zero-order valence-electron chi connectivity index (χ0n) is 12.5. The minimum atomic E-state index is -0.240. The summed E-state index contributed by atoms with van der Waals surface area (Å²) < 4.78 is 13.5. The first kappa shape index (κ1) is 14.4. The first-order valence-corrected chi connectivity index (χ1v) is 7.04. The number of hydrogen-bond acceptors (Lipinski definition) is 4. The van der Waals surface area contributed by atoms with Crippen molar-refractivity contribution in [3.8, 4) is 0 Å². The first-order valence-electron chi connectivity index (χ1n) is 7.04. The van der Waals surface area contributed by atoms with E-state index in [-0.39, 0.29) is 5.82 Å². The van der Waals surface area contributed by atoms with Gasteiger partial charge in [0.2, 0.25) is 0 Å². The number of aryl methyl sites for hydroxylation is 1. The number of hydrogen-bond donors (Lipinski definition) is 0. The Morgan fingerprint density at radius 3 is 2.82 bits per heavy atom. The fourth-order valence-electron chi connectivity index (χ4n) is 2.18. The first-order chi connectivity index (χ1) is 10.6. The SMILES string of the molecule is C/C(=N\OCc1ccc2c(c1)=NCN=2)c1ccc(C)c(F)c1. The molecule has 0 fully saturated rings. The molecular formula is C17H16FN3O. The van der Waals surface area contributed by atoms with Gasteiger partial charge in [-0.05, 0) is 43.2 Å². The number of nitrogens with zero attached hydrogens (tertiary/aromatic N) is 3. The molecule has 0 spiro atoms. The Morgan fingerprint density at radius 1 is 1.18 bits per heavy atom. The van der Waals surface area contributed by atoms with Gasteiger partial charge in [0.1, 0.15) is 19.1 Å². The van der Waals surface area contributed by atoms with Crippen molar-refractivity contribution in [1.82, 2.24) is 0 Å². The molecule has 0 radical (unpaired) electrons. The predicted molar refractivity (Wildman–Crippen MR) is 81.8 cm³/mol. The van der Waals surface area contributed by atoms with Crippen LogP contribution in [0.25, 0.3) is 0 Å². The van der Waals surface area contributed by atoms with Crippen LogP contribution in [-0.2, 0) is 11.4 Å². The summed E-state index contributed by atoms with van der Waals surface area (Å²) in [5.74, 6) is -0.240. The van der Waals surface area contributed by atoms with E-state index in [1.807, 2.05) is 24.3 Å². The molecule has 0 saturated carbocycles. The molecule has 4 nitrogen and oxygen atoms in total. The van der Waals surface area contributed by atoms with Crippen LogP contribution in [0.1, 0.15) is 23.6 Å². The van der Waals surface area contributed by atoms with Crippen molar-refractivity contribution >= 4 is 5.71 Å². The lowest BCUT2D eigenvalue weighted by Gasteiger charge is -2.04. The van der Waals surface area contributed by atoms with E-state index in [4.69, 9.17) is 4.84 Å². The smallest absolute Gasteiger partial charge is 0.142 e. The van der Waals surface area contributed by atoms with E-state index >= 15 is 0 Å². The fraction of sp³-hybridized carbons (Fsp3) is 0.235. The lowest BCUT2D eigenvalue weighted by atomic mass is 10.1. The van der Waals surface area contributed by atoms with Crippen LogP contribution in [0.2, 0.25) is 0 Å². The van der Waals surface area contributed by atoms with E-state index in [1.165, 1.54) is 6.07 Å². The van der Waals surface area contributed by atoms with E-state index < -0.39 is 0 Å². The zero-order valence-corrected chi connectivity index (χ0v) is 12.5. The third-order valence-electron chi connectivity index (χ3n) is 3.54. The summed E-state index contributed by atoms with van der Waals surface area (Å²) in [5, 5.41) is 5.86. The Morgan fingerprint density at radius 2 is 2.00 bits per heavy atom. The second kappa shape index (κ2) is 6.05. The Labute approximate surface area is 127 Å². The molecule has 0 unspecified atom stereocenters. The van der Waals surface area contributed by atoms with Crippen LogP contribution in [0.5, 0.6) is 0 Å². The molecule has 22 heavy (non-hydrogen) atoms. The lowest BCUT2D eigenvalue weighted by Crippen LogP contribution is -2.21. The summed E-state index contributed by atoms with van der Waals surface area (Å²) in [6.07, 6.45) is 0.